The van der Waals surface area contributed by atoms with Gasteiger partial charge in [-0.1, -0.05) is 18.2 Å². The van der Waals surface area contributed by atoms with Gasteiger partial charge in [-0.15, -0.1) is 6.58 Å². The Balaban J connectivity index is 2.90. The molecule has 1 aromatic rings. The molecule has 3 nitrogen and oxygen atoms in total. The standard InChI is InChI=1S/C10H13N3/c1-2-4-10-9(5-3-6-11)7-12-8-13-10/h2-3,5,7-8H,1,4,6,11H2/b5-3-. The molecule has 1 heterocycles. The van der Waals surface area contributed by atoms with Crippen LogP contribution in [0.4, 0.5) is 0 Å². The Hall–Kier alpha value is -1.48. The molecule has 0 saturated carbocycles. The van der Waals surface area contributed by atoms with E-state index in [4.69, 9.17) is 5.73 Å². The number of nitrogens with two attached hydrogens (primary N) is 1. The van der Waals surface area contributed by atoms with Gasteiger partial charge in [-0.05, 0) is 0 Å². The normalized spacial score (nSPS) is 10.5. The summed E-state index contributed by atoms with van der Waals surface area (Å²) in [5, 5.41) is 0. The molecule has 1 aromatic heterocycles. The second-order valence-corrected chi connectivity index (χ2v) is 2.56. The van der Waals surface area contributed by atoms with Crippen molar-refractivity contribution in [2.75, 3.05) is 6.54 Å². The van der Waals surface area contributed by atoms with Gasteiger partial charge >= 0.3 is 0 Å². The molecule has 0 bridgehead atoms. The van der Waals surface area contributed by atoms with Crippen molar-refractivity contribution < 1.29 is 0 Å². The minimum atomic E-state index is 0.530. The SMILES string of the molecule is C=CCc1ncncc1/C=C\CN. The van der Waals surface area contributed by atoms with Gasteiger partial charge in [0.2, 0.25) is 0 Å². The zero-order valence-electron chi connectivity index (χ0n) is 7.48. The lowest BCUT2D eigenvalue weighted by atomic mass is 10.1. The summed E-state index contributed by atoms with van der Waals surface area (Å²) in [5.41, 5.74) is 7.34. The van der Waals surface area contributed by atoms with Crippen LogP contribution in [0.3, 0.4) is 0 Å². The third-order valence-electron chi connectivity index (χ3n) is 1.60. The third-order valence-corrected chi connectivity index (χ3v) is 1.60. The number of allylic oxidation sites excluding steroid dienone is 1. The van der Waals surface area contributed by atoms with Gasteiger partial charge in [0.25, 0.3) is 0 Å². The molecule has 0 saturated heterocycles. The fourth-order valence-electron chi connectivity index (χ4n) is 1.01. The molecule has 2 N–H and O–H groups in total. The minimum Gasteiger partial charge on any atom is -0.327 e. The predicted octanol–water partition coefficient (Wildman–Crippen LogP) is 1.18. The Morgan fingerprint density at radius 1 is 1.54 bits per heavy atom. The van der Waals surface area contributed by atoms with E-state index in [0.717, 1.165) is 17.7 Å². The van der Waals surface area contributed by atoms with Crippen molar-refractivity contribution in [2.45, 2.75) is 6.42 Å². The molecule has 68 valence electrons. The highest BCUT2D eigenvalue weighted by atomic mass is 14.8. The van der Waals surface area contributed by atoms with Crippen molar-refractivity contribution in [3.63, 3.8) is 0 Å². The Bertz CT molecular complexity index is 305. The first-order valence-electron chi connectivity index (χ1n) is 4.15. The lowest BCUT2D eigenvalue weighted by Crippen LogP contribution is -1.95. The maximum absolute atomic E-state index is 5.35. The molecule has 1 rings (SSSR count). The summed E-state index contributed by atoms with van der Waals surface area (Å²) in [6.07, 6.45) is 9.70. The van der Waals surface area contributed by atoms with Gasteiger partial charge in [0, 0.05) is 24.7 Å². The lowest BCUT2D eigenvalue weighted by Gasteiger charge is -1.99. The fraction of sp³-hybridized carbons (Fsp3) is 0.200. The molecule has 0 aliphatic rings. The first kappa shape index (κ1) is 9.61. The van der Waals surface area contributed by atoms with Crippen LogP contribution in [0.15, 0.2) is 31.3 Å². The molecule has 0 aliphatic carbocycles. The Morgan fingerprint density at radius 3 is 3.08 bits per heavy atom. The van der Waals surface area contributed by atoms with Gasteiger partial charge in [-0.2, -0.15) is 0 Å². The zero-order chi connectivity index (χ0) is 9.52. The van der Waals surface area contributed by atoms with Crippen LogP contribution in [-0.2, 0) is 6.42 Å². The van der Waals surface area contributed by atoms with E-state index >= 15 is 0 Å². The summed E-state index contributed by atoms with van der Waals surface area (Å²) < 4.78 is 0. The van der Waals surface area contributed by atoms with E-state index in [2.05, 4.69) is 16.5 Å². The molecular weight excluding hydrogens is 162 g/mol. The van der Waals surface area contributed by atoms with Crippen molar-refractivity contribution >= 4 is 6.08 Å². The Kier molecular flexibility index (Phi) is 3.85. The molecule has 0 fully saturated rings. The molecule has 0 aromatic carbocycles. The monoisotopic (exact) mass is 175 g/mol. The van der Waals surface area contributed by atoms with Crippen molar-refractivity contribution in [1.82, 2.24) is 9.97 Å². The summed E-state index contributed by atoms with van der Waals surface area (Å²) >= 11 is 0. The van der Waals surface area contributed by atoms with Gasteiger partial charge in [0.1, 0.15) is 6.33 Å². The highest BCUT2D eigenvalue weighted by molar-refractivity contribution is 5.50. The van der Waals surface area contributed by atoms with Crippen LogP contribution in [-0.4, -0.2) is 16.5 Å². The van der Waals surface area contributed by atoms with Crippen molar-refractivity contribution in [3.8, 4) is 0 Å². The van der Waals surface area contributed by atoms with Gasteiger partial charge in [0.05, 0.1) is 5.69 Å². The number of hydrogen-bond acceptors (Lipinski definition) is 3. The first-order chi connectivity index (χ1) is 6.38. The van der Waals surface area contributed by atoms with E-state index in [9.17, 15) is 0 Å². The lowest BCUT2D eigenvalue weighted by molar-refractivity contribution is 1.04. The zero-order valence-corrected chi connectivity index (χ0v) is 7.48. The number of aromatic nitrogens is 2. The van der Waals surface area contributed by atoms with Gasteiger partial charge < -0.3 is 5.73 Å². The third kappa shape index (κ3) is 2.80. The highest BCUT2D eigenvalue weighted by Crippen LogP contribution is 2.06. The molecule has 0 spiro atoms. The molecule has 3 heteroatoms. The van der Waals surface area contributed by atoms with E-state index in [-0.39, 0.29) is 0 Å². The van der Waals surface area contributed by atoms with Crippen LogP contribution < -0.4 is 5.73 Å². The second-order valence-electron chi connectivity index (χ2n) is 2.56. The van der Waals surface area contributed by atoms with Gasteiger partial charge in [0.15, 0.2) is 0 Å². The summed E-state index contributed by atoms with van der Waals surface area (Å²) in [7, 11) is 0. The molecule has 0 aliphatic heterocycles. The molecule has 0 radical (unpaired) electrons. The summed E-state index contributed by atoms with van der Waals surface area (Å²) in [5.74, 6) is 0. The van der Waals surface area contributed by atoms with E-state index in [1.165, 1.54) is 0 Å². The quantitative estimate of drug-likeness (QED) is 0.699. The number of nitrogens with zero attached hydrogens (tertiary/aromatic N) is 2. The number of rotatable bonds is 4. The van der Waals surface area contributed by atoms with Crippen molar-refractivity contribution in [2.24, 2.45) is 5.73 Å². The van der Waals surface area contributed by atoms with E-state index in [1.54, 1.807) is 12.5 Å². The summed E-state index contributed by atoms with van der Waals surface area (Å²) in [4.78, 5) is 8.09. The average molecular weight is 175 g/mol. The van der Waals surface area contributed by atoms with Crippen LogP contribution in [0.25, 0.3) is 6.08 Å². The van der Waals surface area contributed by atoms with Gasteiger partial charge in [-0.3, -0.25) is 0 Å². The van der Waals surface area contributed by atoms with Gasteiger partial charge in [-0.25, -0.2) is 9.97 Å². The average Bonchev–Trinajstić information content (AvgIpc) is 2.17. The van der Waals surface area contributed by atoms with Crippen LogP contribution >= 0.6 is 0 Å². The molecule has 0 unspecified atom stereocenters. The number of hydrogen-bond donors (Lipinski definition) is 1. The maximum atomic E-state index is 5.35. The first-order valence-corrected chi connectivity index (χ1v) is 4.15. The predicted molar refractivity (Wildman–Crippen MR) is 54.0 cm³/mol. The van der Waals surface area contributed by atoms with Crippen LogP contribution in [0.1, 0.15) is 11.3 Å². The highest BCUT2D eigenvalue weighted by Gasteiger charge is 1.97. The fourth-order valence-corrected chi connectivity index (χ4v) is 1.01. The van der Waals surface area contributed by atoms with E-state index < -0.39 is 0 Å². The largest absolute Gasteiger partial charge is 0.327 e. The molecule has 0 amide bonds. The summed E-state index contributed by atoms with van der Waals surface area (Å²) in [6, 6.07) is 0. The second kappa shape index (κ2) is 5.22. The van der Waals surface area contributed by atoms with Crippen molar-refractivity contribution in [3.05, 3.63) is 42.5 Å². The van der Waals surface area contributed by atoms with Crippen LogP contribution in [0.5, 0.6) is 0 Å². The van der Waals surface area contributed by atoms with Crippen LogP contribution in [0.2, 0.25) is 0 Å². The maximum Gasteiger partial charge on any atom is 0.115 e. The van der Waals surface area contributed by atoms with E-state index in [1.807, 2.05) is 18.2 Å². The smallest absolute Gasteiger partial charge is 0.115 e. The van der Waals surface area contributed by atoms with Crippen LogP contribution in [0, 0.1) is 0 Å². The summed E-state index contributed by atoms with van der Waals surface area (Å²) in [6.45, 7) is 4.20. The topological polar surface area (TPSA) is 51.8 Å². The molecule has 13 heavy (non-hydrogen) atoms. The van der Waals surface area contributed by atoms with Crippen molar-refractivity contribution in [1.29, 1.82) is 0 Å². The molecule has 0 atom stereocenters. The molecular formula is C10H13N3. The minimum absolute atomic E-state index is 0.530. The Morgan fingerprint density at radius 2 is 2.38 bits per heavy atom. The Labute approximate surface area is 78.0 Å². The van der Waals surface area contributed by atoms with E-state index in [0.29, 0.717) is 6.54 Å².